The van der Waals surface area contributed by atoms with Crippen LogP contribution in [0, 0.1) is 16.0 Å². The number of hydrogen-bond acceptors (Lipinski definition) is 10. The summed E-state index contributed by atoms with van der Waals surface area (Å²) in [6.07, 6.45) is 28.7. The van der Waals surface area contributed by atoms with Crippen LogP contribution in [0.25, 0.3) is 22.5 Å². The number of carbonyl (C=O) groups is 2. The van der Waals surface area contributed by atoms with Crippen molar-refractivity contribution < 1.29 is 19.2 Å². The van der Waals surface area contributed by atoms with Gasteiger partial charge in [0.2, 0.25) is 0 Å². The molecular formula is C45H62ClN9O5. The van der Waals surface area contributed by atoms with Crippen LogP contribution in [0.1, 0.15) is 98.3 Å². The summed E-state index contributed by atoms with van der Waals surface area (Å²) in [7, 11) is 1.89. The highest BCUT2D eigenvalue weighted by molar-refractivity contribution is 6.61. The van der Waals surface area contributed by atoms with Gasteiger partial charge in [0.25, 0.3) is 5.69 Å². The average Bonchev–Trinajstić information content (AvgIpc) is 4.03. The Bertz CT molecular complexity index is 1890. The minimum absolute atomic E-state index is 0.00968. The van der Waals surface area contributed by atoms with Crippen LogP contribution in [-0.4, -0.2) is 88.4 Å². The first kappa shape index (κ1) is 48.9. The number of nitrogens with one attached hydrogen (secondary N) is 1. The van der Waals surface area contributed by atoms with Gasteiger partial charge < -0.3 is 19.5 Å². The molecule has 0 radical (unpaired) electrons. The van der Waals surface area contributed by atoms with E-state index in [1.54, 1.807) is 54.4 Å². The molecule has 2 saturated carbocycles. The molecule has 2 aliphatic rings. The van der Waals surface area contributed by atoms with E-state index in [1.807, 2.05) is 36.2 Å². The number of nitrogens with zero attached hydrogens (tertiary/aromatic N) is 8. The zero-order valence-corrected chi connectivity index (χ0v) is 36.5. The number of benzene rings is 1. The number of non-ortho nitro benzene ring substituents is 1. The number of ether oxygens (including phenoxy) is 1. The first-order valence-electron chi connectivity index (χ1n) is 21.0. The standard InChI is InChI=1S/C16H20N4O.C8H7N3.C8H16.C7H4ClNO4.C6H15N/c1-19(14-7-3-2-4-8-14)16(21)20-11-15(18-12-20)13-6-5-9-17-10-13;1-2-7(4-9-3-1)8-5-10-6-11-8;1-2-8-6-4-3-5-7-8;8-7(10)13-6-3-1-5(2-4-6)9(11)12;1-4-7(5-2)6-3/h5-6,9-12,14H,2-4,7-8H2,1H3;1-6H,(H,10,11);8H,2-7H2,1H3;1-4H;4-6H2,1-3H3. The van der Waals surface area contributed by atoms with E-state index >= 15 is 0 Å². The van der Waals surface area contributed by atoms with Gasteiger partial charge in [0.05, 0.1) is 28.8 Å². The molecule has 60 heavy (non-hydrogen) atoms. The summed E-state index contributed by atoms with van der Waals surface area (Å²) >= 11 is 4.92. The van der Waals surface area contributed by atoms with Gasteiger partial charge in [-0.15, -0.1) is 0 Å². The summed E-state index contributed by atoms with van der Waals surface area (Å²) in [6, 6.07) is 13.1. The fourth-order valence-electron chi connectivity index (χ4n) is 6.83. The number of halogens is 1. The molecule has 0 atom stereocenters. The van der Waals surface area contributed by atoms with E-state index in [2.05, 4.69) is 62.3 Å². The van der Waals surface area contributed by atoms with Crippen molar-refractivity contribution in [3.63, 3.8) is 0 Å². The molecule has 14 nitrogen and oxygen atoms in total. The SMILES string of the molecule is CCC1CCCCC1.CCN(CC)CC.CN(C(=O)n1cnc(-c2cccnc2)c1)C1CCCCC1.O=C(Cl)Oc1ccc([N+](=O)[O-])cc1.c1cncc(-c2cnc[nH]2)c1. The quantitative estimate of drug-likeness (QED) is 0.0857. The molecule has 0 aliphatic heterocycles. The predicted octanol–water partition coefficient (Wildman–Crippen LogP) is 11.3. The molecule has 5 aromatic rings. The molecule has 0 spiro atoms. The fraction of sp³-hybridized carbons (Fsp3) is 0.467. The topological polar surface area (TPSA) is 165 Å². The molecule has 1 amide bonds. The Labute approximate surface area is 359 Å². The van der Waals surface area contributed by atoms with E-state index in [1.165, 1.54) is 102 Å². The number of carbonyl (C=O) groups excluding carboxylic acids is 2. The number of nitro groups is 1. The molecule has 4 heterocycles. The molecular weight excluding hydrogens is 782 g/mol. The molecule has 4 aromatic heterocycles. The van der Waals surface area contributed by atoms with Gasteiger partial charge in [0.15, 0.2) is 0 Å². The lowest BCUT2D eigenvalue weighted by Gasteiger charge is -2.31. The largest absolute Gasteiger partial charge is 0.414 e. The summed E-state index contributed by atoms with van der Waals surface area (Å²) in [6.45, 7) is 12.4. The van der Waals surface area contributed by atoms with Gasteiger partial charge in [-0.2, -0.15) is 0 Å². The fourth-order valence-corrected chi connectivity index (χ4v) is 6.92. The Morgan fingerprint density at radius 1 is 0.833 bits per heavy atom. The van der Waals surface area contributed by atoms with Crippen molar-refractivity contribution in [2.45, 2.75) is 104 Å². The molecule has 0 bridgehead atoms. The molecule has 324 valence electrons. The minimum atomic E-state index is -0.978. The Hall–Kier alpha value is -5.47. The summed E-state index contributed by atoms with van der Waals surface area (Å²) < 4.78 is 6.02. The van der Waals surface area contributed by atoms with Crippen LogP contribution in [0.2, 0.25) is 0 Å². The Morgan fingerprint density at radius 3 is 1.87 bits per heavy atom. The molecule has 2 fully saturated rings. The van der Waals surface area contributed by atoms with Crippen molar-refractivity contribution in [3.8, 4) is 28.3 Å². The third kappa shape index (κ3) is 17.8. The van der Waals surface area contributed by atoms with Crippen LogP contribution in [0.4, 0.5) is 15.3 Å². The summed E-state index contributed by atoms with van der Waals surface area (Å²) in [5.74, 6) is 1.26. The van der Waals surface area contributed by atoms with E-state index in [-0.39, 0.29) is 17.5 Å². The molecule has 0 unspecified atom stereocenters. The number of amides is 1. The van der Waals surface area contributed by atoms with Crippen LogP contribution in [-0.2, 0) is 0 Å². The van der Waals surface area contributed by atoms with Gasteiger partial charge in [-0.05, 0) is 74.8 Å². The van der Waals surface area contributed by atoms with Crippen molar-refractivity contribution in [1.29, 1.82) is 0 Å². The number of pyridine rings is 2. The second kappa shape index (κ2) is 28.1. The van der Waals surface area contributed by atoms with Crippen LogP contribution < -0.4 is 4.74 Å². The number of H-pyrrole nitrogens is 1. The second-order valence-corrected chi connectivity index (χ2v) is 14.7. The lowest BCUT2D eigenvalue weighted by atomic mass is 9.88. The number of imidazole rings is 2. The van der Waals surface area contributed by atoms with Crippen LogP contribution in [0.15, 0.2) is 98.4 Å². The van der Waals surface area contributed by atoms with Crippen molar-refractivity contribution in [3.05, 3.63) is 108 Å². The van der Waals surface area contributed by atoms with Gasteiger partial charge >= 0.3 is 11.5 Å². The van der Waals surface area contributed by atoms with Crippen molar-refractivity contribution >= 4 is 28.7 Å². The predicted molar refractivity (Wildman–Crippen MR) is 238 cm³/mol. The van der Waals surface area contributed by atoms with Gasteiger partial charge in [-0.1, -0.05) is 85.5 Å². The highest BCUT2D eigenvalue weighted by Crippen LogP contribution is 2.26. The zero-order chi connectivity index (χ0) is 43.5. The minimum Gasteiger partial charge on any atom is -0.414 e. The number of aromatic amines is 1. The van der Waals surface area contributed by atoms with E-state index < -0.39 is 10.4 Å². The summed E-state index contributed by atoms with van der Waals surface area (Å²) in [5, 5.41) is 10.2. The molecule has 1 aromatic carbocycles. The monoisotopic (exact) mass is 843 g/mol. The van der Waals surface area contributed by atoms with E-state index in [0.717, 1.165) is 41.3 Å². The normalized spacial score (nSPS) is 13.7. The maximum Gasteiger partial charge on any atom is 0.409 e. The number of aromatic nitrogens is 6. The number of rotatable bonds is 9. The average molecular weight is 845 g/mol. The molecule has 15 heteroatoms. The van der Waals surface area contributed by atoms with Gasteiger partial charge in [0.1, 0.15) is 12.1 Å². The smallest absolute Gasteiger partial charge is 0.409 e. The Kier molecular flexibility index (Phi) is 22.9. The van der Waals surface area contributed by atoms with Crippen LogP contribution >= 0.6 is 11.6 Å². The van der Waals surface area contributed by atoms with Crippen molar-refractivity contribution in [1.82, 2.24) is 39.3 Å². The van der Waals surface area contributed by atoms with Gasteiger partial charge in [-0.3, -0.25) is 24.6 Å². The molecule has 2 aliphatic carbocycles. The highest BCUT2D eigenvalue weighted by Gasteiger charge is 2.23. The Morgan fingerprint density at radius 2 is 1.42 bits per heavy atom. The third-order valence-electron chi connectivity index (χ3n) is 10.5. The maximum absolute atomic E-state index is 12.5. The molecule has 1 N–H and O–H groups in total. The lowest BCUT2D eigenvalue weighted by Crippen LogP contribution is -2.40. The molecule has 7 rings (SSSR count). The lowest BCUT2D eigenvalue weighted by molar-refractivity contribution is -0.384. The first-order valence-corrected chi connectivity index (χ1v) is 21.4. The van der Waals surface area contributed by atoms with Gasteiger partial charge in [0, 0.05) is 78.9 Å². The van der Waals surface area contributed by atoms with E-state index in [4.69, 9.17) is 11.6 Å². The van der Waals surface area contributed by atoms with E-state index in [0.29, 0.717) is 6.04 Å². The maximum atomic E-state index is 12.5. The van der Waals surface area contributed by atoms with Gasteiger partial charge in [-0.25, -0.2) is 19.6 Å². The summed E-state index contributed by atoms with van der Waals surface area (Å²) in [4.78, 5) is 56.0. The first-order chi connectivity index (χ1) is 29.1. The van der Waals surface area contributed by atoms with E-state index in [9.17, 15) is 19.7 Å². The third-order valence-corrected chi connectivity index (χ3v) is 10.6. The van der Waals surface area contributed by atoms with Crippen LogP contribution in [0.3, 0.4) is 0 Å². The zero-order valence-electron chi connectivity index (χ0n) is 35.8. The highest BCUT2D eigenvalue weighted by atomic mass is 35.5. The molecule has 0 saturated heterocycles. The second-order valence-electron chi connectivity index (χ2n) is 14.4. The van der Waals surface area contributed by atoms with Crippen molar-refractivity contribution in [2.24, 2.45) is 5.92 Å². The Balaban J connectivity index is 0.000000214. The number of hydrogen-bond donors (Lipinski definition) is 1. The number of nitro benzene ring substituents is 1. The van der Waals surface area contributed by atoms with Crippen LogP contribution in [0.5, 0.6) is 5.75 Å². The van der Waals surface area contributed by atoms with Crippen molar-refractivity contribution in [2.75, 3.05) is 26.7 Å². The summed E-state index contributed by atoms with van der Waals surface area (Å²) in [5.41, 5.74) is 2.70.